The van der Waals surface area contributed by atoms with Crippen LogP contribution in [-0.4, -0.2) is 30.3 Å². The largest absolute Gasteiger partial charge is 0.493 e. The van der Waals surface area contributed by atoms with Gasteiger partial charge in [0.25, 0.3) is 5.89 Å². The van der Waals surface area contributed by atoms with Gasteiger partial charge in [-0.15, -0.1) is 0 Å². The minimum Gasteiger partial charge on any atom is -0.493 e. The van der Waals surface area contributed by atoms with Crippen LogP contribution < -0.4 is 9.47 Å². The standard InChI is InChI=1S/C21H22N2O5/c1-4-16(14-8-6-5-7-9-14)21(24)27-13-19-22-20(23-28-19)15-10-11-17(25-2)18(12-15)26-3/h5-12,16H,4,13H2,1-3H3. The zero-order chi connectivity index (χ0) is 19.9. The maximum absolute atomic E-state index is 12.4. The van der Waals surface area contributed by atoms with Crippen molar-refractivity contribution < 1.29 is 23.5 Å². The lowest BCUT2D eigenvalue weighted by molar-refractivity contribution is -0.147. The van der Waals surface area contributed by atoms with E-state index in [9.17, 15) is 4.79 Å². The number of aromatic nitrogens is 2. The molecular formula is C21H22N2O5. The number of methoxy groups -OCH3 is 2. The molecule has 1 unspecified atom stereocenters. The summed E-state index contributed by atoms with van der Waals surface area (Å²) in [5, 5.41) is 3.94. The van der Waals surface area contributed by atoms with Crippen molar-refractivity contribution in [3.8, 4) is 22.9 Å². The fourth-order valence-corrected chi connectivity index (χ4v) is 2.86. The van der Waals surface area contributed by atoms with E-state index in [4.69, 9.17) is 18.7 Å². The van der Waals surface area contributed by atoms with E-state index in [1.54, 1.807) is 32.4 Å². The molecule has 0 aliphatic heterocycles. The Morgan fingerprint density at radius 1 is 1.07 bits per heavy atom. The fraction of sp³-hybridized carbons (Fsp3) is 0.286. The Labute approximate surface area is 163 Å². The summed E-state index contributed by atoms with van der Waals surface area (Å²) in [5.74, 6) is 1.12. The van der Waals surface area contributed by atoms with E-state index in [0.717, 1.165) is 5.56 Å². The van der Waals surface area contributed by atoms with Crippen LogP contribution in [0.1, 0.15) is 30.7 Å². The lowest BCUT2D eigenvalue weighted by Gasteiger charge is -2.13. The van der Waals surface area contributed by atoms with Crippen LogP contribution in [0, 0.1) is 0 Å². The first-order valence-electron chi connectivity index (χ1n) is 8.92. The molecule has 0 N–H and O–H groups in total. The monoisotopic (exact) mass is 382 g/mol. The van der Waals surface area contributed by atoms with Crippen LogP contribution >= 0.6 is 0 Å². The Morgan fingerprint density at radius 3 is 2.50 bits per heavy atom. The quantitative estimate of drug-likeness (QED) is 0.545. The average molecular weight is 382 g/mol. The molecule has 0 spiro atoms. The van der Waals surface area contributed by atoms with E-state index >= 15 is 0 Å². The van der Waals surface area contributed by atoms with Gasteiger partial charge in [0, 0.05) is 5.56 Å². The third-order valence-electron chi connectivity index (χ3n) is 4.34. The van der Waals surface area contributed by atoms with Gasteiger partial charge in [-0.2, -0.15) is 4.98 Å². The molecule has 3 rings (SSSR count). The number of nitrogens with zero attached hydrogens (tertiary/aromatic N) is 2. The molecule has 2 aromatic carbocycles. The van der Waals surface area contributed by atoms with E-state index in [1.165, 1.54) is 0 Å². The molecule has 0 aliphatic carbocycles. The van der Waals surface area contributed by atoms with Gasteiger partial charge < -0.3 is 18.7 Å². The van der Waals surface area contributed by atoms with Gasteiger partial charge >= 0.3 is 5.97 Å². The molecular weight excluding hydrogens is 360 g/mol. The van der Waals surface area contributed by atoms with Crippen LogP contribution in [0.25, 0.3) is 11.4 Å². The predicted octanol–water partition coefficient (Wildman–Crippen LogP) is 3.99. The van der Waals surface area contributed by atoms with Crippen molar-refractivity contribution >= 4 is 5.97 Å². The van der Waals surface area contributed by atoms with Crippen LogP contribution in [0.15, 0.2) is 53.1 Å². The third-order valence-corrected chi connectivity index (χ3v) is 4.34. The molecule has 3 aromatic rings. The molecule has 0 saturated heterocycles. The van der Waals surface area contributed by atoms with Gasteiger partial charge in [-0.25, -0.2) is 0 Å². The number of hydrogen-bond donors (Lipinski definition) is 0. The first-order valence-corrected chi connectivity index (χ1v) is 8.92. The van der Waals surface area contributed by atoms with Crippen molar-refractivity contribution in [2.45, 2.75) is 25.9 Å². The zero-order valence-corrected chi connectivity index (χ0v) is 16.0. The summed E-state index contributed by atoms with van der Waals surface area (Å²) >= 11 is 0. The average Bonchev–Trinajstić information content (AvgIpc) is 3.22. The molecule has 28 heavy (non-hydrogen) atoms. The Balaban J connectivity index is 1.67. The lowest BCUT2D eigenvalue weighted by atomic mass is 9.97. The Bertz CT molecular complexity index is 924. The molecule has 1 atom stereocenters. The normalized spacial score (nSPS) is 11.7. The van der Waals surface area contributed by atoms with Crippen LogP contribution in [0.3, 0.4) is 0 Å². The second kappa shape index (κ2) is 9.03. The maximum atomic E-state index is 12.4. The summed E-state index contributed by atoms with van der Waals surface area (Å²) in [5.41, 5.74) is 1.63. The molecule has 7 heteroatoms. The van der Waals surface area contributed by atoms with Gasteiger partial charge in [0.1, 0.15) is 0 Å². The number of hydrogen-bond acceptors (Lipinski definition) is 7. The molecule has 146 valence electrons. The Hall–Kier alpha value is -3.35. The van der Waals surface area contributed by atoms with Gasteiger partial charge in [-0.3, -0.25) is 4.79 Å². The van der Waals surface area contributed by atoms with Gasteiger partial charge in [0.2, 0.25) is 5.82 Å². The van der Waals surface area contributed by atoms with Crippen molar-refractivity contribution in [2.24, 2.45) is 0 Å². The van der Waals surface area contributed by atoms with Crippen LogP contribution in [-0.2, 0) is 16.1 Å². The summed E-state index contributed by atoms with van der Waals surface area (Å²) in [6, 6.07) is 14.9. The number of benzene rings is 2. The van der Waals surface area contributed by atoms with Crippen molar-refractivity contribution in [1.29, 1.82) is 0 Å². The van der Waals surface area contributed by atoms with Crippen LogP contribution in [0.5, 0.6) is 11.5 Å². The van der Waals surface area contributed by atoms with E-state index in [0.29, 0.717) is 29.3 Å². The first-order chi connectivity index (χ1) is 13.7. The summed E-state index contributed by atoms with van der Waals surface area (Å²) in [7, 11) is 3.12. The van der Waals surface area contributed by atoms with Crippen LogP contribution in [0.2, 0.25) is 0 Å². The lowest BCUT2D eigenvalue weighted by Crippen LogP contribution is -2.15. The minimum atomic E-state index is -0.325. The molecule has 0 fully saturated rings. The second-order valence-corrected chi connectivity index (χ2v) is 6.06. The SMILES string of the molecule is CCC(C(=O)OCc1nc(-c2ccc(OC)c(OC)c2)no1)c1ccccc1. The van der Waals surface area contributed by atoms with E-state index in [-0.39, 0.29) is 24.4 Å². The van der Waals surface area contributed by atoms with Crippen molar-refractivity contribution in [3.63, 3.8) is 0 Å². The maximum Gasteiger partial charge on any atom is 0.313 e. The molecule has 0 amide bonds. The first kappa shape index (κ1) is 19.4. The van der Waals surface area contributed by atoms with Gasteiger partial charge in [-0.1, -0.05) is 42.4 Å². The van der Waals surface area contributed by atoms with Gasteiger partial charge in [0.05, 0.1) is 20.1 Å². The number of ether oxygens (including phenoxy) is 3. The van der Waals surface area contributed by atoms with E-state index < -0.39 is 0 Å². The number of esters is 1. The van der Waals surface area contributed by atoms with Crippen molar-refractivity contribution in [2.75, 3.05) is 14.2 Å². The second-order valence-electron chi connectivity index (χ2n) is 6.06. The molecule has 1 aromatic heterocycles. The molecule has 0 bridgehead atoms. The highest BCUT2D eigenvalue weighted by molar-refractivity contribution is 5.78. The molecule has 7 nitrogen and oxygen atoms in total. The predicted molar refractivity (Wildman–Crippen MR) is 102 cm³/mol. The van der Waals surface area contributed by atoms with Crippen molar-refractivity contribution in [3.05, 3.63) is 60.0 Å². The molecule has 0 aliphatic rings. The smallest absolute Gasteiger partial charge is 0.313 e. The molecule has 0 radical (unpaired) electrons. The summed E-state index contributed by atoms with van der Waals surface area (Å²) in [6.45, 7) is 1.86. The fourth-order valence-electron chi connectivity index (χ4n) is 2.86. The number of rotatable bonds is 8. The van der Waals surface area contributed by atoms with Crippen molar-refractivity contribution in [1.82, 2.24) is 10.1 Å². The minimum absolute atomic E-state index is 0.0809. The van der Waals surface area contributed by atoms with E-state index in [1.807, 2.05) is 37.3 Å². The summed E-state index contributed by atoms with van der Waals surface area (Å²) in [6.07, 6.45) is 0.642. The van der Waals surface area contributed by atoms with E-state index in [2.05, 4.69) is 10.1 Å². The Morgan fingerprint density at radius 2 is 1.82 bits per heavy atom. The number of carbonyl (C=O) groups excluding carboxylic acids is 1. The Kier molecular flexibility index (Phi) is 6.26. The number of carbonyl (C=O) groups is 1. The summed E-state index contributed by atoms with van der Waals surface area (Å²) in [4.78, 5) is 16.7. The highest BCUT2D eigenvalue weighted by Crippen LogP contribution is 2.31. The zero-order valence-electron chi connectivity index (χ0n) is 16.0. The van der Waals surface area contributed by atoms with Crippen LogP contribution in [0.4, 0.5) is 0 Å². The molecule has 1 heterocycles. The topological polar surface area (TPSA) is 83.7 Å². The highest BCUT2D eigenvalue weighted by atomic mass is 16.6. The van der Waals surface area contributed by atoms with Gasteiger partial charge in [0.15, 0.2) is 18.1 Å². The highest BCUT2D eigenvalue weighted by Gasteiger charge is 2.21. The summed E-state index contributed by atoms with van der Waals surface area (Å²) < 4.78 is 21.1. The third kappa shape index (κ3) is 4.31. The molecule has 0 saturated carbocycles. The van der Waals surface area contributed by atoms with Gasteiger partial charge in [-0.05, 0) is 30.2 Å².